The number of hydrogen-bond donors (Lipinski definition) is 1. The van der Waals surface area contributed by atoms with Crippen LogP contribution >= 0.6 is 0 Å². The second kappa shape index (κ2) is 8.13. The van der Waals surface area contributed by atoms with E-state index >= 15 is 0 Å². The molecule has 0 spiro atoms. The SMILES string of the molecule is Cc1ccc(C(=O)NCCN=Cc2ccc(N(C)C)cc2)cc1. The number of rotatable bonds is 6. The van der Waals surface area contributed by atoms with Crippen LogP contribution in [-0.2, 0) is 0 Å². The first kappa shape index (κ1) is 16.7. The van der Waals surface area contributed by atoms with Crippen molar-refractivity contribution in [1.29, 1.82) is 0 Å². The Morgan fingerprint density at radius 1 is 1.09 bits per heavy atom. The summed E-state index contributed by atoms with van der Waals surface area (Å²) in [6.07, 6.45) is 1.83. The predicted octanol–water partition coefficient (Wildman–Crippen LogP) is 2.91. The van der Waals surface area contributed by atoms with E-state index in [4.69, 9.17) is 0 Å². The molecule has 0 saturated heterocycles. The maximum atomic E-state index is 11.9. The minimum atomic E-state index is -0.0597. The quantitative estimate of drug-likeness (QED) is 0.659. The molecular formula is C19H23N3O. The van der Waals surface area contributed by atoms with Gasteiger partial charge in [-0.25, -0.2) is 0 Å². The van der Waals surface area contributed by atoms with Crippen molar-refractivity contribution in [3.63, 3.8) is 0 Å². The fourth-order valence-electron chi connectivity index (χ4n) is 2.07. The van der Waals surface area contributed by atoms with Gasteiger partial charge in [0.15, 0.2) is 0 Å². The normalized spacial score (nSPS) is 10.7. The van der Waals surface area contributed by atoms with Gasteiger partial charge in [-0.05, 0) is 36.8 Å². The van der Waals surface area contributed by atoms with Crippen LogP contribution in [-0.4, -0.2) is 39.3 Å². The molecule has 1 N–H and O–H groups in total. The molecule has 2 rings (SSSR count). The highest BCUT2D eigenvalue weighted by molar-refractivity contribution is 5.94. The third-order valence-electron chi connectivity index (χ3n) is 3.49. The van der Waals surface area contributed by atoms with Crippen LogP contribution in [0.2, 0.25) is 0 Å². The lowest BCUT2D eigenvalue weighted by Gasteiger charge is -2.11. The van der Waals surface area contributed by atoms with Crippen molar-refractivity contribution < 1.29 is 4.79 Å². The minimum Gasteiger partial charge on any atom is -0.378 e. The molecule has 0 aromatic heterocycles. The Morgan fingerprint density at radius 2 is 1.74 bits per heavy atom. The topological polar surface area (TPSA) is 44.7 Å². The molecule has 0 aliphatic heterocycles. The van der Waals surface area contributed by atoms with Gasteiger partial charge in [-0.3, -0.25) is 9.79 Å². The summed E-state index contributed by atoms with van der Waals surface area (Å²) < 4.78 is 0. The lowest BCUT2D eigenvalue weighted by molar-refractivity contribution is 0.0955. The molecule has 0 unspecified atom stereocenters. The summed E-state index contributed by atoms with van der Waals surface area (Å²) in [6, 6.07) is 15.7. The first-order valence-corrected chi connectivity index (χ1v) is 7.68. The Kier molecular flexibility index (Phi) is 5.92. The minimum absolute atomic E-state index is 0.0597. The number of aliphatic imine (C=N–C) groups is 1. The number of anilines is 1. The first-order valence-electron chi connectivity index (χ1n) is 7.68. The van der Waals surface area contributed by atoms with Crippen molar-refractivity contribution in [1.82, 2.24) is 5.32 Å². The lowest BCUT2D eigenvalue weighted by atomic mass is 10.1. The number of nitrogens with zero attached hydrogens (tertiary/aromatic N) is 2. The molecule has 2 aromatic rings. The number of aryl methyl sites for hydroxylation is 1. The van der Waals surface area contributed by atoms with Crippen molar-refractivity contribution in [2.24, 2.45) is 4.99 Å². The van der Waals surface area contributed by atoms with Crippen molar-refractivity contribution >= 4 is 17.8 Å². The molecule has 0 aliphatic rings. The van der Waals surface area contributed by atoms with Gasteiger partial charge in [-0.1, -0.05) is 29.8 Å². The Labute approximate surface area is 137 Å². The molecule has 2 aromatic carbocycles. The maximum Gasteiger partial charge on any atom is 0.251 e. The van der Waals surface area contributed by atoms with Gasteiger partial charge < -0.3 is 10.2 Å². The summed E-state index contributed by atoms with van der Waals surface area (Å²) in [5.74, 6) is -0.0597. The van der Waals surface area contributed by atoms with E-state index in [0.29, 0.717) is 18.7 Å². The van der Waals surface area contributed by atoms with E-state index in [9.17, 15) is 4.79 Å². The van der Waals surface area contributed by atoms with Crippen LogP contribution in [0.25, 0.3) is 0 Å². The van der Waals surface area contributed by atoms with Crippen LogP contribution in [0, 0.1) is 6.92 Å². The van der Waals surface area contributed by atoms with Gasteiger partial charge >= 0.3 is 0 Å². The van der Waals surface area contributed by atoms with Crippen LogP contribution in [0.4, 0.5) is 5.69 Å². The highest BCUT2D eigenvalue weighted by atomic mass is 16.1. The molecule has 4 nitrogen and oxygen atoms in total. The Hall–Kier alpha value is -2.62. The number of nitrogens with one attached hydrogen (secondary N) is 1. The van der Waals surface area contributed by atoms with Gasteiger partial charge in [-0.15, -0.1) is 0 Å². The summed E-state index contributed by atoms with van der Waals surface area (Å²) >= 11 is 0. The fraction of sp³-hybridized carbons (Fsp3) is 0.263. The van der Waals surface area contributed by atoms with E-state index in [1.165, 1.54) is 0 Å². The molecule has 0 bridgehead atoms. The van der Waals surface area contributed by atoms with Crippen molar-refractivity contribution in [3.05, 3.63) is 65.2 Å². The van der Waals surface area contributed by atoms with Gasteiger partial charge in [0, 0.05) is 38.1 Å². The average Bonchev–Trinajstić information content (AvgIpc) is 2.55. The molecule has 0 aliphatic carbocycles. The van der Waals surface area contributed by atoms with Gasteiger partial charge in [0.05, 0.1) is 6.54 Å². The summed E-state index contributed by atoms with van der Waals surface area (Å²) in [5.41, 5.74) is 4.04. The van der Waals surface area contributed by atoms with E-state index in [2.05, 4.69) is 27.3 Å². The second-order valence-corrected chi connectivity index (χ2v) is 5.64. The van der Waals surface area contributed by atoms with Crippen molar-refractivity contribution in [2.45, 2.75) is 6.92 Å². The number of hydrogen-bond acceptors (Lipinski definition) is 3. The summed E-state index contributed by atoms with van der Waals surface area (Å²) in [7, 11) is 4.03. The van der Waals surface area contributed by atoms with Crippen molar-refractivity contribution in [2.75, 3.05) is 32.1 Å². The van der Waals surface area contributed by atoms with Gasteiger partial charge in [0.2, 0.25) is 0 Å². The fourth-order valence-corrected chi connectivity index (χ4v) is 2.07. The van der Waals surface area contributed by atoms with Gasteiger partial charge in [0.25, 0.3) is 5.91 Å². The Morgan fingerprint density at radius 3 is 2.35 bits per heavy atom. The summed E-state index contributed by atoms with van der Waals surface area (Å²) in [5, 5.41) is 2.87. The van der Waals surface area contributed by atoms with Crippen LogP contribution in [0.1, 0.15) is 21.5 Å². The zero-order chi connectivity index (χ0) is 16.7. The molecule has 0 fully saturated rings. The molecule has 120 valence electrons. The van der Waals surface area contributed by atoms with Crippen LogP contribution in [0.3, 0.4) is 0 Å². The molecule has 1 amide bonds. The molecule has 23 heavy (non-hydrogen) atoms. The average molecular weight is 309 g/mol. The Balaban J connectivity index is 1.76. The van der Waals surface area contributed by atoms with Crippen LogP contribution in [0.5, 0.6) is 0 Å². The standard InChI is InChI=1S/C19H23N3O/c1-15-4-8-17(9-5-15)19(23)21-13-12-20-14-16-6-10-18(11-7-16)22(2)3/h4-11,14H,12-13H2,1-3H3,(H,21,23). The predicted molar refractivity (Wildman–Crippen MR) is 96.7 cm³/mol. The Bertz CT molecular complexity index is 658. The van der Waals surface area contributed by atoms with E-state index in [1.807, 2.05) is 63.6 Å². The smallest absolute Gasteiger partial charge is 0.251 e. The molecular weight excluding hydrogens is 286 g/mol. The zero-order valence-electron chi connectivity index (χ0n) is 13.9. The first-order chi connectivity index (χ1) is 11.1. The van der Waals surface area contributed by atoms with E-state index in [1.54, 1.807) is 0 Å². The molecule has 4 heteroatoms. The number of benzene rings is 2. The van der Waals surface area contributed by atoms with E-state index in [-0.39, 0.29) is 5.91 Å². The molecule has 0 saturated carbocycles. The molecule has 0 atom stereocenters. The van der Waals surface area contributed by atoms with E-state index < -0.39 is 0 Å². The van der Waals surface area contributed by atoms with Crippen molar-refractivity contribution in [3.8, 4) is 0 Å². The van der Waals surface area contributed by atoms with Crippen LogP contribution < -0.4 is 10.2 Å². The summed E-state index contributed by atoms with van der Waals surface area (Å²) in [6.45, 7) is 3.09. The van der Waals surface area contributed by atoms with Crippen LogP contribution in [0.15, 0.2) is 53.5 Å². The second-order valence-electron chi connectivity index (χ2n) is 5.64. The monoisotopic (exact) mass is 309 g/mol. The highest BCUT2D eigenvalue weighted by Gasteiger charge is 2.02. The number of carbonyl (C=O) groups is 1. The lowest BCUT2D eigenvalue weighted by Crippen LogP contribution is -2.25. The molecule has 0 radical (unpaired) electrons. The number of amides is 1. The largest absolute Gasteiger partial charge is 0.378 e. The third-order valence-corrected chi connectivity index (χ3v) is 3.49. The third kappa shape index (κ3) is 5.25. The van der Waals surface area contributed by atoms with Gasteiger partial charge in [-0.2, -0.15) is 0 Å². The number of carbonyl (C=O) groups excluding carboxylic acids is 1. The zero-order valence-corrected chi connectivity index (χ0v) is 13.9. The van der Waals surface area contributed by atoms with E-state index in [0.717, 1.165) is 16.8 Å². The molecule has 0 heterocycles. The maximum absolute atomic E-state index is 11.9. The summed E-state index contributed by atoms with van der Waals surface area (Å²) in [4.78, 5) is 18.3. The highest BCUT2D eigenvalue weighted by Crippen LogP contribution is 2.10. The van der Waals surface area contributed by atoms with Gasteiger partial charge in [0.1, 0.15) is 0 Å².